The van der Waals surface area contributed by atoms with Crippen molar-refractivity contribution in [3.63, 3.8) is 0 Å². The number of carbonyl (C=O) groups is 2. The van der Waals surface area contributed by atoms with Crippen LogP contribution in [0.15, 0.2) is 65.7 Å². The SMILES string of the molecule is O=C(c1cncc(NCc2ccccn2)c1)N1CCN(C(=O)c2ccco2)CC1. The zero-order valence-electron chi connectivity index (χ0n) is 15.8. The summed E-state index contributed by atoms with van der Waals surface area (Å²) >= 11 is 0. The second-order valence-corrected chi connectivity index (χ2v) is 6.70. The number of nitrogens with zero attached hydrogens (tertiary/aromatic N) is 4. The molecule has 8 nitrogen and oxygen atoms in total. The van der Waals surface area contributed by atoms with Gasteiger partial charge >= 0.3 is 0 Å². The van der Waals surface area contributed by atoms with Crippen molar-refractivity contribution in [1.82, 2.24) is 19.8 Å². The lowest BCUT2D eigenvalue weighted by atomic mass is 10.2. The summed E-state index contributed by atoms with van der Waals surface area (Å²) in [6.07, 6.45) is 6.47. The maximum absolute atomic E-state index is 12.9. The van der Waals surface area contributed by atoms with Crippen molar-refractivity contribution in [1.29, 1.82) is 0 Å². The first-order valence-corrected chi connectivity index (χ1v) is 9.41. The molecule has 4 heterocycles. The van der Waals surface area contributed by atoms with Crippen LogP contribution in [0.5, 0.6) is 0 Å². The summed E-state index contributed by atoms with van der Waals surface area (Å²) in [6.45, 7) is 2.42. The third kappa shape index (κ3) is 4.43. The van der Waals surface area contributed by atoms with Crippen molar-refractivity contribution in [2.45, 2.75) is 6.54 Å². The van der Waals surface area contributed by atoms with Gasteiger partial charge in [0, 0.05) is 44.8 Å². The van der Waals surface area contributed by atoms with E-state index in [1.54, 1.807) is 46.6 Å². The normalized spacial score (nSPS) is 13.9. The molecule has 3 aromatic heterocycles. The van der Waals surface area contributed by atoms with Crippen LogP contribution in [0.3, 0.4) is 0 Å². The third-order valence-electron chi connectivity index (χ3n) is 4.77. The quantitative estimate of drug-likeness (QED) is 0.717. The Bertz CT molecular complexity index is 967. The lowest BCUT2D eigenvalue weighted by molar-refractivity contribution is 0.0518. The maximum Gasteiger partial charge on any atom is 0.289 e. The zero-order chi connectivity index (χ0) is 20.1. The molecule has 8 heteroatoms. The first-order valence-electron chi connectivity index (χ1n) is 9.41. The van der Waals surface area contributed by atoms with Gasteiger partial charge in [-0.2, -0.15) is 0 Å². The lowest BCUT2D eigenvalue weighted by Gasteiger charge is -2.34. The van der Waals surface area contributed by atoms with Gasteiger partial charge in [-0.15, -0.1) is 0 Å². The van der Waals surface area contributed by atoms with Crippen LogP contribution in [0.1, 0.15) is 26.6 Å². The molecule has 0 spiro atoms. The molecule has 2 amide bonds. The number of anilines is 1. The van der Waals surface area contributed by atoms with Gasteiger partial charge in [-0.25, -0.2) is 0 Å². The molecule has 1 fully saturated rings. The van der Waals surface area contributed by atoms with E-state index in [9.17, 15) is 9.59 Å². The van der Waals surface area contributed by atoms with Crippen molar-refractivity contribution in [2.24, 2.45) is 0 Å². The fourth-order valence-corrected chi connectivity index (χ4v) is 3.20. The van der Waals surface area contributed by atoms with Crippen molar-refractivity contribution >= 4 is 17.5 Å². The Morgan fingerprint density at radius 1 is 1.00 bits per heavy atom. The fraction of sp³-hybridized carbons (Fsp3) is 0.238. The van der Waals surface area contributed by atoms with Crippen LogP contribution in [-0.2, 0) is 6.54 Å². The third-order valence-corrected chi connectivity index (χ3v) is 4.77. The van der Waals surface area contributed by atoms with Gasteiger partial charge in [-0.1, -0.05) is 6.07 Å². The largest absolute Gasteiger partial charge is 0.459 e. The molecule has 0 saturated carbocycles. The molecule has 148 valence electrons. The molecule has 3 aromatic rings. The van der Waals surface area contributed by atoms with E-state index in [-0.39, 0.29) is 11.8 Å². The summed E-state index contributed by atoms with van der Waals surface area (Å²) in [5.74, 6) is 0.0780. The summed E-state index contributed by atoms with van der Waals surface area (Å²) in [7, 11) is 0. The summed E-state index contributed by atoms with van der Waals surface area (Å²) in [4.78, 5) is 37.1. The predicted molar refractivity (Wildman–Crippen MR) is 106 cm³/mol. The molecule has 1 saturated heterocycles. The summed E-state index contributed by atoms with van der Waals surface area (Å²) in [6, 6.07) is 10.9. The zero-order valence-corrected chi connectivity index (χ0v) is 15.8. The Kier molecular flexibility index (Phi) is 5.51. The van der Waals surface area contributed by atoms with E-state index in [0.717, 1.165) is 11.4 Å². The molecule has 0 bridgehead atoms. The van der Waals surface area contributed by atoms with Crippen molar-refractivity contribution < 1.29 is 14.0 Å². The molecule has 29 heavy (non-hydrogen) atoms. The summed E-state index contributed by atoms with van der Waals surface area (Å²) < 4.78 is 5.17. The Morgan fingerprint density at radius 3 is 2.48 bits per heavy atom. The molecule has 4 rings (SSSR count). The average molecular weight is 391 g/mol. The van der Waals surface area contributed by atoms with Crippen LogP contribution in [0.4, 0.5) is 5.69 Å². The van der Waals surface area contributed by atoms with Gasteiger partial charge in [0.15, 0.2) is 5.76 Å². The minimum absolute atomic E-state index is 0.0934. The highest BCUT2D eigenvalue weighted by atomic mass is 16.3. The van der Waals surface area contributed by atoms with E-state index in [4.69, 9.17) is 4.42 Å². The van der Waals surface area contributed by atoms with E-state index >= 15 is 0 Å². The van der Waals surface area contributed by atoms with E-state index in [0.29, 0.717) is 44.0 Å². The van der Waals surface area contributed by atoms with Crippen molar-refractivity contribution in [3.8, 4) is 0 Å². The second-order valence-electron chi connectivity index (χ2n) is 6.70. The smallest absolute Gasteiger partial charge is 0.289 e. The van der Waals surface area contributed by atoms with E-state index in [1.165, 1.54) is 6.26 Å². The Morgan fingerprint density at radius 2 is 1.79 bits per heavy atom. The van der Waals surface area contributed by atoms with Crippen LogP contribution in [0, 0.1) is 0 Å². The van der Waals surface area contributed by atoms with Crippen LogP contribution < -0.4 is 5.32 Å². The standard InChI is InChI=1S/C21H21N5O3/c27-20(25-7-9-26(10-8-25)21(28)19-5-3-11-29-19)16-12-18(14-22-13-16)24-15-17-4-1-2-6-23-17/h1-6,11-14,24H,7-10,15H2. The molecule has 1 N–H and O–H groups in total. The van der Waals surface area contributed by atoms with E-state index < -0.39 is 0 Å². The van der Waals surface area contributed by atoms with Gasteiger partial charge in [0.2, 0.25) is 0 Å². The Labute approximate surface area is 168 Å². The topological polar surface area (TPSA) is 91.6 Å². The van der Waals surface area contributed by atoms with Gasteiger partial charge in [0.25, 0.3) is 11.8 Å². The Hall–Kier alpha value is -3.68. The second kappa shape index (κ2) is 8.55. The van der Waals surface area contributed by atoms with Gasteiger partial charge in [0.05, 0.1) is 29.8 Å². The first-order chi connectivity index (χ1) is 14.2. The molecule has 1 aliphatic heterocycles. The van der Waals surface area contributed by atoms with Gasteiger partial charge in [-0.3, -0.25) is 19.6 Å². The molecule has 0 aliphatic carbocycles. The number of hydrogen-bond donors (Lipinski definition) is 1. The van der Waals surface area contributed by atoms with Crippen molar-refractivity contribution in [3.05, 3.63) is 78.3 Å². The van der Waals surface area contributed by atoms with Crippen LogP contribution >= 0.6 is 0 Å². The molecule has 0 radical (unpaired) electrons. The molecular weight excluding hydrogens is 370 g/mol. The maximum atomic E-state index is 12.9. The number of pyridine rings is 2. The fourth-order valence-electron chi connectivity index (χ4n) is 3.20. The highest BCUT2D eigenvalue weighted by Crippen LogP contribution is 2.15. The average Bonchev–Trinajstić information content (AvgIpc) is 3.33. The minimum Gasteiger partial charge on any atom is -0.459 e. The monoisotopic (exact) mass is 391 g/mol. The number of aromatic nitrogens is 2. The van der Waals surface area contributed by atoms with Gasteiger partial charge in [0.1, 0.15) is 0 Å². The summed E-state index contributed by atoms with van der Waals surface area (Å²) in [5, 5.41) is 3.24. The van der Waals surface area contributed by atoms with Crippen LogP contribution in [-0.4, -0.2) is 57.8 Å². The highest BCUT2D eigenvalue weighted by molar-refractivity contribution is 5.95. The summed E-state index contributed by atoms with van der Waals surface area (Å²) in [5.41, 5.74) is 2.18. The molecule has 0 aromatic carbocycles. The van der Waals surface area contributed by atoms with E-state index in [2.05, 4.69) is 15.3 Å². The number of furan rings is 1. The lowest BCUT2D eigenvalue weighted by Crippen LogP contribution is -2.50. The number of nitrogens with one attached hydrogen (secondary N) is 1. The molecular formula is C21H21N5O3. The first kappa shape index (κ1) is 18.7. The number of amides is 2. The van der Waals surface area contributed by atoms with E-state index in [1.807, 2.05) is 18.2 Å². The van der Waals surface area contributed by atoms with Crippen LogP contribution in [0.2, 0.25) is 0 Å². The molecule has 1 aliphatic rings. The molecule has 0 unspecified atom stereocenters. The van der Waals surface area contributed by atoms with Crippen molar-refractivity contribution in [2.75, 3.05) is 31.5 Å². The Balaban J connectivity index is 1.34. The number of rotatable bonds is 5. The predicted octanol–water partition coefficient (Wildman–Crippen LogP) is 2.28. The van der Waals surface area contributed by atoms with Gasteiger partial charge in [-0.05, 0) is 30.3 Å². The van der Waals surface area contributed by atoms with Crippen LogP contribution in [0.25, 0.3) is 0 Å². The number of piperazine rings is 1. The highest BCUT2D eigenvalue weighted by Gasteiger charge is 2.26. The minimum atomic E-state index is -0.149. The molecule has 0 atom stereocenters. The number of carbonyl (C=O) groups excluding carboxylic acids is 2. The van der Waals surface area contributed by atoms with Gasteiger partial charge < -0.3 is 19.5 Å². The number of hydrogen-bond acceptors (Lipinski definition) is 6.